The Morgan fingerprint density at radius 3 is 2.85 bits per heavy atom. The molecule has 1 aromatic heterocycles. The number of hydrogen-bond donors (Lipinski definition) is 3. The Morgan fingerprint density at radius 2 is 2.25 bits per heavy atom. The van der Waals surface area contributed by atoms with E-state index in [1.54, 1.807) is 14.0 Å². The first-order valence-corrected chi connectivity index (χ1v) is 6.87. The predicted molar refractivity (Wildman–Crippen MR) is 79.6 cm³/mol. The molecule has 7 heteroatoms. The molecule has 4 N–H and O–H groups in total. The van der Waals surface area contributed by atoms with Crippen molar-refractivity contribution < 1.29 is 9.53 Å². The van der Waals surface area contributed by atoms with Crippen LogP contribution in [0.4, 0.5) is 11.5 Å². The van der Waals surface area contributed by atoms with Crippen LogP contribution in [-0.2, 0) is 16.1 Å². The number of ether oxygens (including phenoxy) is 1. The second kappa shape index (κ2) is 7.74. The third kappa shape index (κ3) is 4.12. The molecule has 0 radical (unpaired) electrons. The van der Waals surface area contributed by atoms with E-state index in [1.165, 1.54) is 0 Å². The molecule has 1 unspecified atom stereocenters. The number of nitrogens with zero attached hydrogens (tertiary/aromatic N) is 2. The van der Waals surface area contributed by atoms with Crippen molar-refractivity contribution in [2.24, 2.45) is 0 Å². The Labute approximate surface area is 119 Å². The van der Waals surface area contributed by atoms with Crippen molar-refractivity contribution >= 4 is 17.4 Å². The van der Waals surface area contributed by atoms with Gasteiger partial charge >= 0.3 is 0 Å². The van der Waals surface area contributed by atoms with Gasteiger partial charge in [0.05, 0.1) is 18.0 Å². The van der Waals surface area contributed by atoms with Crippen molar-refractivity contribution in [2.45, 2.75) is 39.8 Å². The Morgan fingerprint density at radius 1 is 1.55 bits per heavy atom. The van der Waals surface area contributed by atoms with Crippen molar-refractivity contribution in [3.05, 3.63) is 5.69 Å². The van der Waals surface area contributed by atoms with Crippen LogP contribution >= 0.6 is 0 Å². The highest BCUT2D eigenvalue weighted by Gasteiger charge is 2.18. The summed E-state index contributed by atoms with van der Waals surface area (Å²) < 4.78 is 6.70. The van der Waals surface area contributed by atoms with Crippen LogP contribution in [0.1, 0.15) is 26.0 Å². The highest BCUT2D eigenvalue weighted by atomic mass is 16.5. The Kier molecular flexibility index (Phi) is 6.30. The van der Waals surface area contributed by atoms with E-state index in [9.17, 15) is 4.79 Å². The average molecular weight is 283 g/mol. The topological polar surface area (TPSA) is 94.2 Å². The molecule has 114 valence electrons. The molecule has 0 aliphatic heterocycles. The molecule has 1 heterocycles. The van der Waals surface area contributed by atoms with Gasteiger partial charge in [0.1, 0.15) is 11.9 Å². The van der Waals surface area contributed by atoms with Gasteiger partial charge in [0, 0.05) is 20.2 Å². The number of nitrogens with two attached hydrogens (primary N) is 1. The lowest BCUT2D eigenvalue weighted by Crippen LogP contribution is -2.39. The van der Waals surface area contributed by atoms with Gasteiger partial charge in [0.25, 0.3) is 0 Å². The zero-order valence-electron chi connectivity index (χ0n) is 12.7. The lowest BCUT2D eigenvalue weighted by Gasteiger charge is -2.16. The van der Waals surface area contributed by atoms with E-state index >= 15 is 0 Å². The first-order valence-electron chi connectivity index (χ1n) is 6.87. The molecule has 7 nitrogen and oxygen atoms in total. The number of anilines is 2. The number of amides is 1. The number of hydrogen-bond acceptors (Lipinski definition) is 5. The SMILES string of the molecule is CCCn1nc(C)c(N)c1NC(C)C(=O)NCCOC. The van der Waals surface area contributed by atoms with Gasteiger partial charge in [-0.25, -0.2) is 4.68 Å². The summed E-state index contributed by atoms with van der Waals surface area (Å²) in [4.78, 5) is 11.9. The summed E-state index contributed by atoms with van der Waals surface area (Å²) in [6, 6.07) is -0.388. The highest BCUT2D eigenvalue weighted by molar-refractivity contribution is 5.85. The number of rotatable bonds is 8. The van der Waals surface area contributed by atoms with Crippen molar-refractivity contribution in [1.29, 1.82) is 0 Å². The fourth-order valence-corrected chi connectivity index (χ4v) is 1.82. The second-order valence-electron chi connectivity index (χ2n) is 4.72. The van der Waals surface area contributed by atoms with Crippen molar-refractivity contribution in [3.8, 4) is 0 Å². The van der Waals surface area contributed by atoms with E-state index in [4.69, 9.17) is 10.5 Å². The van der Waals surface area contributed by atoms with Crippen LogP contribution in [0.2, 0.25) is 0 Å². The standard InChI is InChI=1S/C13H25N5O2/c1-5-7-18-12(11(14)9(2)17-18)16-10(3)13(19)15-6-8-20-4/h10,16H,5-8,14H2,1-4H3,(H,15,19). The molecule has 0 spiro atoms. The van der Waals surface area contributed by atoms with E-state index < -0.39 is 0 Å². The average Bonchev–Trinajstić information content (AvgIpc) is 2.67. The van der Waals surface area contributed by atoms with Crippen LogP contribution in [0.3, 0.4) is 0 Å². The van der Waals surface area contributed by atoms with E-state index in [0.717, 1.165) is 18.7 Å². The summed E-state index contributed by atoms with van der Waals surface area (Å²) in [5.41, 5.74) is 7.37. The van der Waals surface area contributed by atoms with Crippen LogP contribution in [0.15, 0.2) is 0 Å². The zero-order chi connectivity index (χ0) is 15.1. The van der Waals surface area contributed by atoms with E-state index in [2.05, 4.69) is 22.7 Å². The van der Waals surface area contributed by atoms with E-state index in [0.29, 0.717) is 24.7 Å². The summed E-state index contributed by atoms with van der Waals surface area (Å²) in [6.07, 6.45) is 0.948. The summed E-state index contributed by atoms with van der Waals surface area (Å²) in [5.74, 6) is 0.613. The summed E-state index contributed by atoms with van der Waals surface area (Å²) in [5, 5.41) is 10.3. The van der Waals surface area contributed by atoms with Gasteiger partial charge in [-0.1, -0.05) is 6.92 Å². The Hall–Kier alpha value is -1.76. The van der Waals surface area contributed by atoms with Gasteiger partial charge < -0.3 is 21.1 Å². The molecule has 0 saturated heterocycles. The number of aromatic nitrogens is 2. The molecule has 0 saturated carbocycles. The number of nitrogen functional groups attached to an aromatic ring is 1. The number of carbonyl (C=O) groups is 1. The molecule has 0 aliphatic rings. The minimum Gasteiger partial charge on any atom is -0.394 e. The van der Waals surface area contributed by atoms with Gasteiger partial charge in [-0.2, -0.15) is 5.10 Å². The first kappa shape index (κ1) is 16.3. The van der Waals surface area contributed by atoms with Crippen LogP contribution in [-0.4, -0.2) is 42.0 Å². The molecule has 0 fully saturated rings. The smallest absolute Gasteiger partial charge is 0.242 e. The third-order valence-corrected chi connectivity index (χ3v) is 2.96. The fourth-order valence-electron chi connectivity index (χ4n) is 1.82. The lowest BCUT2D eigenvalue weighted by molar-refractivity contribution is -0.121. The molecule has 1 amide bonds. The Bertz CT molecular complexity index is 444. The maximum Gasteiger partial charge on any atom is 0.242 e. The minimum absolute atomic E-state index is 0.0941. The predicted octanol–water partition coefficient (Wildman–Crippen LogP) is 0.747. The lowest BCUT2D eigenvalue weighted by atomic mass is 10.3. The van der Waals surface area contributed by atoms with Gasteiger partial charge in [-0.15, -0.1) is 0 Å². The molecule has 0 aliphatic carbocycles. The maximum atomic E-state index is 11.9. The number of nitrogens with one attached hydrogen (secondary N) is 2. The van der Waals surface area contributed by atoms with Crippen molar-refractivity contribution in [1.82, 2.24) is 15.1 Å². The van der Waals surface area contributed by atoms with Gasteiger partial charge in [-0.3, -0.25) is 4.79 Å². The summed E-state index contributed by atoms with van der Waals surface area (Å²) >= 11 is 0. The first-order chi connectivity index (χ1) is 9.51. The van der Waals surface area contributed by atoms with E-state index in [-0.39, 0.29) is 11.9 Å². The molecule has 0 aromatic carbocycles. The van der Waals surface area contributed by atoms with Gasteiger partial charge in [0.15, 0.2) is 0 Å². The van der Waals surface area contributed by atoms with Crippen LogP contribution < -0.4 is 16.4 Å². The number of methoxy groups -OCH3 is 1. The van der Waals surface area contributed by atoms with Crippen molar-refractivity contribution in [2.75, 3.05) is 31.3 Å². The number of carbonyl (C=O) groups excluding carboxylic acids is 1. The van der Waals surface area contributed by atoms with Crippen LogP contribution in [0.5, 0.6) is 0 Å². The Balaban J connectivity index is 2.69. The third-order valence-electron chi connectivity index (χ3n) is 2.96. The number of aryl methyl sites for hydroxylation is 2. The van der Waals surface area contributed by atoms with Crippen molar-refractivity contribution in [3.63, 3.8) is 0 Å². The quantitative estimate of drug-likeness (QED) is 0.612. The fraction of sp³-hybridized carbons (Fsp3) is 0.692. The second-order valence-corrected chi connectivity index (χ2v) is 4.72. The maximum absolute atomic E-state index is 11.9. The normalized spacial score (nSPS) is 12.2. The van der Waals surface area contributed by atoms with Gasteiger partial charge in [0.2, 0.25) is 5.91 Å². The molecular weight excluding hydrogens is 258 g/mol. The molecule has 0 bridgehead atoms. The zero-order valence-corrected chi connectivity index (χ0v) is 12.7. The summed E-state index contributed by atoms with van der Waals surface area (Å²) in [7, 11) is 1.60. The highest BCUT2D eigenvalue weighted by Crippen LogP contribution is 2.23. The molecule has 1 aromatic rings. The summed E-state index contributed by atoms with van der Waals surface area (Å²) in [6.45, 7) is 7.46. The van der Waals surface area contributed by atoms with E-state index in [1.807, 2.05) is 11.6 Å². The molecule has 20 heavy (non-hydrogen) atoms. The molecular formula is C13H25N5O2. The van der Waals surface area contributed by atoms with Crippen LogP contribution in [0.25, 0.3) is 0 Å². The molecule has 1 rings (SSSR count). The van der Waals surface area contributed by atoms with Gasteiger partial charge in [-0.05, 0) is 20.3 Å². The van der Waals surface area contributed by atoms with Crippen LogP contribution in [0, 0.1) is 6.92 Å². The minimum atomic E-state index is -0.388. The largest absolute Gasteiger partial charge is 0.394 e. The monoisotopic (exact) mass is 283 g/mol. The molecule has 1 atom stereocenters.